The molecule has 8 nitrogen and oxygen atoms in total. The molecule has 3 unspecified atom stereocenters. The molecule has 2 amide bonds. The molecule has 0 spiro atoms. The van der Waals surface area contributed by atoms with E-state index in [0.29, 0.717) is 31.1 Å². The summed E-state index contributed by atoms with van der Waals surface area (Å²) in [6.07, 6.45) is 4.04. The Hall–Kier alpha value is -3.13. The fourth-order valence-corrected chi connectivity index (χ4v) is 4.14. The summed E-state index contributed by atoms with van der Waals surface area (Å²) in [6, 6.07) is 11.1. The highest BCUT2D eigenvalue weighted by molar-refractivity contribution is 5.87. The fraction of sp³-hybridized carbons (Fsp3) is 0.435. The third-order valence-corrected chi connectivity index (χ3v) is 5.71. The molecule has 0 saturated heterocycles. The van der Waals surface area contributed by atoms with E-state index in [9.17, 15) is 14.7 Å². The molecule has 1 saturated carbocycles. The zero-order valence-corrected chi connectivity index (χ0v) is 17.6. The molecule has 0 bridgehead atoms. The van der Waals surface area contributed by atoms with Crippen LogP contribution in [-0.4, -0.2) is 46.7 Å². The van der Waals surface area contributed by atoms with Gasteiger partial charge < -0.3 is 25.4 Å². The van der Waals surface area contributed by atoms with Gasteiger partial charge in [-0.3, -0.25) is 9.59 Å². The Morgan fingerprint density at radius 2 is 2.00 bits per heavy atom. The van der Waals surface area contributed by atoms with E-state index in [0.717, 1.165) is 30.5 Å². The average molecular weight is 425 g/mol. The Morgan fingerprint density at radius 1 is 1.19 bits per heavy atom. The number of fused-ring (bicyclic) bond motifs is 1. The highest BCUT2D eigenvalue weighted by Gasteiger charge is 2.33. The summed E-state index contributed by atoms with van der Waals surface area (Å²) in [5.41, 5.74) is 1.86. The molecule has 1 aliphatic heterocycles. The minimum atomic E-state index is -0.671. The van der Waals surface area contributed by atoms with Gasteiger partial charge in [0, 0.05) is 19.7 Å². The zero-order chi connectivity index (χ0) is 21.8. The molecule has 4 rings (SSSR count). The number of amides is 2. The van der Waals surface area contributed by atoms with E-state index in [1.165, 1.54) is 6.92 Å². The summed E-state index contributed by atoms with van der Waals surface area (Å²) >= 11 is 0. The maximum Gasteiger partial charge on any atom is 0.263 e. The predicted octanol–water partition coefficient (Wildman–Crippen LogP) is 2.23. The van der Waals surface area contributed by atoms with Crippen LogP contribution in [0.25, 0.3) is 0 Å². The van der Waals surface area contributed by atoms with E-state index in [4.69, 9.17) is 4.74 Å². The number of carbonyl (C=O) groups is 2. The van der Waals surface area contributed by atoms with Crippen molar-refractivity contribution in [3.63, 3.8) is 0 Å². The van der Waals surface area contributed by atoms with Crippen molar-refractivity contribution in [3.05, 3.63) is 48.2 Å². The van der Waals surface area contributed by atoms with Crippen LogP contribution in [0.3, 0.4) is 0 Å². The number of aliphatic hydroxyl groups is 1. The quantitative estimate of drug-likeness (QED) is 0.680. The molecular weight excluding hydrogens is 396 g/mol. The highest BCUT2D eigenvalue weighted by atomic mass is 16.5. The molecule has 1 aromatic carbocycles. The number of hydrogen-bond acceptors (Lipinski definition) is 6. The number of rotatable bonds is 5. The largest absolute Gasteiger partial charge is 0.477 e. The Kier molecular flexibility index (Phi) is 6.36. The number of para-hydroxylation sites is 2. The summed E-state index contributed by atoms with van der Waals surface area (Å²) < 4.78 is 6.00. The number of anilines is 2. The lowest BCUT2D eigenvalue weighted by Gasteiger charge is -2.37. The number of aliphatic hydroxyl groups excluding tert-OH is 1. The Morgan fingerprint density at radius 3 is 2.74 bits per heavy atom. The van der Waals surface area contributed by atoms with Crippen LogP contribution in [0.4, 0.5) is 11.5 Å². The highest BCUT2D eigenvalue weighted by Crippen LogP contribution is 2.34. The molecule has 1 fully saturated rings. The van der Waals surface area contributed by atoms with Gasteiger partial charge in [0.05, 0.1) is 24.4 Å². The molecule has 2 aliphatic rings. The van der Waals surface area contributed by atoms with E-state index in [1.54, 1.807) is 12.3 Å². The summed E-state index contributed by atoms with van der Waals surface area (Å²) in [6.45, 7) is 2.38. The number of nitrogens with one attached hydrogen (secondary N) is 2. The Balaban J connectivity index is 1.48. The van der Waals surface area contributed by atoms with Crippen LogP contribution in [0.1, 0.15) is 38.2 Å². The minimum Gasteiger partial charge on any atom is -0.477 e. The molecule has 31 heavy (non-hydrogen) atoms. The summed E-state index contributed by atoms with van der Waals surface area (Å²) in [5, 5.41) is 15.8. The first-order chi connectivity index (χ1) is 15.0. The second-order valence-corrected chi connectivity index (χ2v) is 8.15. The molecule has 3 N–H and O–H groups in total. The van der Waals surface area contributed by atoms with E-state index >= 15 is 0 Å². The summed E-state index contributed by atoms with van der Waals surface area (Å²) in [7, 11) is 0. The number of ether oxygens (including phenoxy) is 1. The van der Waals surface area contributed by atoms with Crippen molar-refractivity contribution in [1.82, 2.24) is 10.3 Å². The lowest BCUT2D eigenvalue weighted by molar-refractivity contribution is -0.129. The number of hydrogen-bond donors (Lipinski definition) is 3. The van der Waals surface area contributed by atoms with Gasteiger partial charge in [0.2, 0.25) is 5.91 Å². The van der Waals surface area contributed by atoms with E-state index < -0.39 is 12.2 Å². The molecule has 2 heterocycles. The van der Waals surface area contributed by atoms with Crippen LogP contribution in [0, 0.1) is 0 Å². The van der Waals surface area contributed by atoms with Gasteiger partial charge in [-0.15, -0.1) is 0 Å². The van der Waals surface area contributed by atoms with Gasteiger partial charge in [-0.05, 0) is 36.6 Å². The molecule has 0 radical (unpaired) electrons. The van der Waals surface area contributed by atoms with E-state index in [1.807, 2.05) is 30.3 Å². The van der Waals surface area contributed by atoms with Crippen LogP contribution >= 0.6 is 0 Å². The van der Waals surface area contributed by atoms with Crippen molar-refractivity contribution < 1.29 is 19.4 Å². The Bertz CT molecular complexity index is 933. The normalized spacial score (nSPS) is 22.8. The average Bonchev–Trinajstić information content (AvgIpc) is 2.76. The van der Waals surface area contributed by atoms with Gasteiger partial charge in [0.15, 0.2) is 6.10 Å². The van der Waals surface area contributed by atoms with Crippen molar-refractivity contribution >= 4 is 23.3 Å². The summed E-state index contributed by atoms with van der Waals surface area (Å²) in [5.74, 6) is 0.784. The van der Waals surface area contributed by atoms with E-state index in [2.05, 4.69) is 20.5 Å². The van der Waals surface area contributed by atoms with Crippen LogP contribution in [-0.2, 0) is 16.1 Å². The van der Waals surface area contributed by atoms with Crippen LogP contribution < -0.4 is 20.3 Å². The number of carbonyl (C=O) groups excluding carboxylic acids is 2. The first kappa shape index (κ1) is 21.1. The number of nitrogens with zero attached hydrogens (tertiary/aromatic N) is 2. The second-order valence-electron chi connectivity index (χ2n) is 8.15. The lowest BCUT2D eigenvalue weighted by atomic mass is 9.92. The topological polar surface area (TPSA) is 104 Å². The van der Waals surface area contributed by atoms with Crippen molar-refractivity contribution in [2.45, 2.75) is 57.4 Å². The van der Waals surface area contributed by atoms with Crippen molar-refractivity contribution in [1.29, 1.82) is 0 Å². The molecular formula is C23H28N4O4. The predicted molar refractivity (Wildman–Crippen MR) is 117 cm³/mol. The van der Waals surface area contributed by atoms with Crippen molar-refractivity contribution in [2.75, 3.05) is 16.8 Å². The SMILES string of the molecule is CC(=O)Nc1ccc(CN2CC(C(=O)NC3CCCCC3O)Oc3ccccc32)cn1. The maximum atomic E-state index is 12.9. The van der Waals surface area contributed by atoms with Crippen LogP contribution in [0.5, 0.6) is 5.75 Å². The lowest BCUT2D eigenvalue weighted by Crippen LogP contribution is -2.54. The third-order valence-electron chi connectivity index (χ3n) is 5.71. The van der Waals surface area contributed by atoms with Crippen LogP contribution in [0.15, 0.2) is 42.6 Å². The van der Waals surface area contributed by atoms with Gasteiger partial charge in [0.25, 0.3) is 5.91 Å². The first-order valence-corrected chi connectivity index (χ1v) is 10.7. The zero-order valence-electron chi connectivity index (χ0n) is 17.6. The van der Waals surface area contributed by atoms with Crippen LogP contribution in [0.2, 0.25) is 0 Å². The second kappa shape index (κ2) is 9.34. The van der Waals surface area contributed by atoms with Crippen molar-refractivity contribution in [3.8, 4) is 5.75 Å². The molecule has 1 aromatic heterocycles. The minimum absolute atomic E-state index is 0.167. The molecule has 164 valence electrons. The maximum absolute atomic E-state index is 12.9. The number of benzene rings is 1. The van der Waals surface area contributed by atoms with Gasteiger partial charge in [-0.2, -0.15) is 0 Å². The van der Waals surface area contributed by atoms with Gasteiger partial charge in [-0.1, -0.05) is 31.0 Å². The standard InChI is InChI=1S/C23H28N4O4/c1-15(28)25-22-11-10-16(12-24-22)13-27-14-21(31-20-9-5-3-7-18(20)27)23(30)26-17-6-2-4-8-19(17)29/h3,5,7,9-12,17,19,21,29H,2,4,6,8,13-14H2,1H3,(H,26,30)(H,24,25,28). The van der Waals surface area contributed by atoms with Gasteiger partial charge >= 0.3 is 0 Å². The number of aromatic nitrogens is 1. The third kappa shape index (κ3) is 5.14. The van der Waals surface area contributed by atoms with Gasteiger partial charge in [-0.25, -0.2) is 4.98 Å². The van der Waals surface area contributed by atoms with Crippen molar-refractivity contribution in [2.24, 2.45) is 0 Å². The molecule has 3 atom stereocenters. The molecule has 1 aliphatic carbocycles. The smallest absolute Gasteiger partial charge is 0.263 e. The fourth-order valence-electron chi connectivity index (χ4n) is 4.14. The monoisotopic (exact) mass is 424 g/mol. The number of pyridine rings is 1. The summed E-state index contributed by atoms with van der Waals surface area (Å²) in [4.78, 5) is 30.5. The molecule has 2 aromatic rings. The van der Waals surface area contributed by atoms with Gasteiger partial charge in [0.1, 0.15) is 11.6 Å². The molecule has 8 heteroatoms. The van der Waals surface area contributed by atoms with E-state index in [-0.39, 0.29) is 17.9 Å². The Labute approximate surface area is 181 Å². The first-order valence-electron chi connectivity index (χ1n) is 10.7.